The number of aryl methyl sites for hydroxylation is 1. The Labute approximate surface area is 205 Å². The molecule has 4 rings (SSSR count). The number of hydrogen-bond acceptors (Lipinski definition) is 5. The van der Waals surface area contributed by atoms with Crippen molar-refractivity contribution in [1.82, 2.24) is 15.5 Å². The van der Waals surface area contributed by atoms with E-state index in [-0.39, 0.29) is 12.1 Å². The van der Waals surface area contributed by atoms with Gasteiger partial charge in [-0.05, 0) is 43.0 Å². The van der Waals surface area contributed by atoms with Crippen LogP contribution in [0.1, 0.15) is 29.0 Å². The Bertz CT molecular complexity index is 1060. The summed E-state index contributed by atoms with van der Waals surface area (Å²) in [6, 6.07) is 22.3. The minimum atomic E-state index is -0.605. The van der Waals surface area contributed by atoms with Crippen molar-refractivity contribution < 1.29 is 9.59 Å². The molecule has 1 aliphatic rings. The Kier molecular flexibility index (Phi) is 7.98. The van der Waals surface area contributed by atoms with Gasteiger partial charge in [-0.2, -0.15) is 0 Å². The van der Waals surface area contributed by atoms with Crippen molar-refractivity contribution in [2.24, 2.45) is 0 Å². The Morgan fingerprint density at radius 2 is 1.62 bits per heavy atom. The lowest BCUT2D eigenvalue weighted by Crippen LogP contribution is -2.53. The van der Waals surface area contributed by atoms with Crippen LogP contribution in [0.3, 0.4) is 0 Å². The number of nitrogens with zero attached hydrogens (tertiary/aromatic N) is 2. The third kappa shape index (κ3) is 6.04. The summed E-state index contributed by atoms with van der Waals surface area (Å²) in [5, 5.41) is 7.75. The third-order valence-electron chi connectivity index (χ3n) is 6.28. The van der Waals surface area contributed by atoms with Crippen molar-refractivity contribution >= 4 is 28.8 Å². The van der Waals surface area contributed by atoms with Crippen LogP contribution in [0.25, 0.3) is 0 Å². The average molecular weight is 477 g/mol. The first-order valence-corrected chi connectivity index (χ1v) is 12.6. The number of anilines is 1. The van der Waals surface area contributed by atoms with Crippen molar-refractivity contribution in [3.8, 4) is 0 Å². The van der Waals surface area contributed by atoms with E-state index in [2.05, 4.69) is 56.1 Å². The highest BCUT2D eigenvalue weighted by Crippen LogP contribution is 2.30. The van der Waals surface area contributed by atoms with E-state index >= 15 is 0 Å². The number of amides is 2. The highest BCUT2D eigenvalue weighted by atomic mass is 32.1. The third-order valence-corrected chi connectivity index (χ3v) is 7.22. The summed E-state index contributed by atoms with van der Waals surface area (Å²) in [7, 11) is 0. The minimum absolute atomic E-state index is 0.0202. The van der Waals surface area contributed by atoms with E-state index in [4.69, 9.17) is 0 Å². The van der Waals surface area contributed by atoms with Gasteiger partial charge in [0.2, 0.25) is 0 Å². The number of hydrogen-bond donors (Lipinski definition) is 2. The number of piperazine rings is 1. The molecule has 1 fully saturated rings. The summed E-state index contributed by atoms with van der Waals surface area (Å²) in [6.45, 7) is 7.94. The SMILES string of the molecule is Cc1ccc(CNC(=O)C(=O)N[C@@H](C)[C@@H](c2cccs2)N2CCN(c3ccccc3)CC2)cc1. The fraction of sp³-hybridized carbons (Fsp3) is 0.333. The second-order valence-corrected chi connectivity index (χ2v) is 9.73. The first kappa shape index (κ1) is 24.0. The fourth-order valence-electron chi connectivity index (χ4n) is 4.42. The van der Waals surface area contributed by atoms with Gasteiger partial charge >= 0.3 is 11.8 Å². The molecule has 0 bridgehead atoms. The van der Waals surface area contributed by atoms with E-state index in [1.54, 1.807) is 11.3 Å². The molecule has 0 aliphatic carbocycles. The number of thiophene rings is 1. The van der Waals surface area contributed by atoms with Crippen LogP contribution in [0.5, 0.6) is 0 Å². The van der Waals surface area contributed by atoms with E-state index < -0.39 is 11.8 Å². The molecule has 3 aromatic rings. The molecule has 2 atom stereocenters. The lowest BCUT2D eigenvalue weighted by atomic mass is 10.0. The maximum Gasteiger partial charge on any atom is 0.309 e. The molecule has 1 aromatic heterocycles. The molecule has 2 N–H and O–H groups in total. The quantitative estimate of drug-likeness (QED) is 0.510. The summed E-state index contributed by atoms with van der Waals surface area (Å²) in [6.07, 6.45) is 0. The Balaban J connectivity index is 1.36. The fourth-order valence-corrected chi connectivity index (χ4v) is 5.38. The second kappa shape index (κ2) is 11.3. The summed E-state index contributed by atoms with van der Waals surface area (Å²) in [4.78, 5) is 31.1. The van der Waals surface area contributed by atoms with Crippen LogP contribution in [-0.4, -0.2) is 48.9 Å². The molecular formula is C27H32N4O2S. The molecule has 34 heavy (non-hydrogen) atoms. The summed E-state index contributed by atoms with van der Waals surface area (Å²) in [5.41, 5.74) is 3.36. The largest absolute Gasteiger partial charge is 0.369 e. The van der Waals surface area contributed by atoms with E-state index in [1.165, 1.54) is 10.6 Å². The van der Waals surface area contributed by atoms with Gasteiger partial charge in [0, 0.05) is 49.3 Å². The van der Waals surface area contributed by atoms with Crippen LogP contribution in [0, 0.1) is 6.92 Å². The zero-order valence-electron chi connectivity index (χ0n) is 19.7. The van der Waals surface area contributed by atoms with Crippen molar-refractivity contribution in [2.75, 3.05) is 31.1 Å². The Morgan fingerprint density at radius 1 is 0.912 bits per heavy atom. The van der Waals surface area contributed by atoms with Gasteiger partial charge in [-0.15, -0.1) is 11.3 Å². The lowest BCUT2D eigenvalue weighted by molar-refractivity contribution is -0.140. The highest BCUT2D eigenvalue weighted by Gasteiger charge is 2.31. The predicted molar refractivity (Wildman–Crippen MR) is 138 cm³/mol. The predicted octanol–water partition coefficient (Wildman–Crippen LogP) is 3.74. The first-order chi connectivity index (χ1) is 16.5. The molecule has 1 saturated heterocycles. The molecular weight excluding hydrogens is 444 g/mol. The van der Waals surface area contributed by atoms with E-state index in [0.29, 0.717) is 6.54 Å². The van der Waals surface area contributed by atoms with Crippen molar-refractivity contribution in [1.29, 1.82) is 0 Å². The normalized spacial score (nSPS) is 16.0. The minimum Gasteiger partial charge on any atom is -0.369 e. The smallest absolute Gasteiger partial charge is 0.309 e. The molecule has 178 valence electrons. The number of para-hydroxylation sites is 1. The average Bonchev–Trinajstić information content (AvgIpc) is 3.39. The molecule has 0 unspecified atom stereocenters. The monoisotopic (exact) mass is 476 g/mol. The van der Waals surface area contributed by atoms with Gasteiger partial charge in [0.25, 0.3) is 0 Å². The number of benzene rings is 2. The number of rotatable bonds is 7. The van der Waals surface area contributed by atoms with Crippen LogP contribution < -0.4 is 15.5 Å². The molecule has 0 saturated carbocycles. The second-order valence-electron chi connectivity index (χ2n) is 8.75. The maximum atomic E-state index is 12.7. The summed E-state index contributed by atoms with van der Waals surface area (Å²) in [5.74, 6) is -1.20. The standard InChI is InChI=1S/C27H32N4O2S/c1-20-10-12-22(13-11-20)19-28-26(32)27(33)29-21(2)25(24-9-6-18-34-24)31-16-14-30(15-17-31)23-7-4-3-5-8-23/h3-13,18,21,25H,14-17,19H2,1-2H3,(H,28,32)(H,29,33)/t21-,25-/m0/s1. The van der Waals surface area contributed by atoms with Crippen LogP contribution in [0.4, 0.5) is 5.69 Å². The molecule has 6 nitrogen and oxygen atoms in total. The van der Waals surface area contributed by atoms with Gasteiger partial charge in [0.1, 0.15) is 0 Å². The van der Waals surface area contributed by atoms with E-state index in [0.717, 1.165) is 37.3 Å². The van der Waals surface area contributed by atoms with E-state index in [1.807, 2.05) is 50.2 Å². The van der Waals surface area contributed by atoms with Crippen LogP contribution in [0.2, 0.25) is 0 Å². The summed E-state index contributed by atoms with van der Waals surface area (Å²) < 4.78 is 0. The van der Waals surface area contributed by atoms with Gasteiger partial charge in [-0.25, -0.2) is 0 Å². The highest BCUT2D eigenvalue weighted by molar-refractivity contribution is 7.10. The van der Waals surface area contributed by atoms with Crippen molar-refractivity contribution in [3.05, 3.63) is 88.1 Å². The molecule has 0 spiro atoms. The molecule has 0 radical (unpaired) electrons. The molecule has 7 heteroatoms. The molecule has 2 aromatic carbocycles. The summed E-state index contributed by atoms with van der Waals surface area (Å²) >= 11 is 1.69. The van der Waals surface area contributed by atoms with Gasteiger partial charge in [-0.3, -0.25) is 14.5 Å². The first-order valence-electron chi connectivity index (χ1n) is 11.7. The van der Waals surface area contributed by atoms with Gasteiger partial charge in [0.15, 0.2) is 0 Å². The molecule has 2 heterocycles. The van der Waals surface area contributed by atoms with Crippen LogP contribution >= 0.6 is 11.3 Å². The van der Waals surface area contributed by atoms with Gasteiger partial charge < -0.3 is 15.5 Å². The topological polar surface area (TPSA) is 64.7 Å². The van der Waals surface area contributed by atoms with Crippen molar-refractivity contribution in [3.63, 3.8) is 0 Å². The van der Waals surface area contributed by atoms with Crippen LogP contribution in [0.15, 0.2) is 72.1 Å². The van der Waals surface area contributed by atoms with E-state index in [9.17, 15) is 9.59 Å². The van der Waals surface area contributed by atoms with Gasteiger partial charge in [0.05, 0.1) is 6.04 Å². The number of carbonyl (C=O) groups excluding carboxylic acids is 2. The Hall–Kier alpha value is -3.16. The number of nitrogens with one attached hydrogen (secondary N) is 2. The lowest BCUT2D eigenvalue weighted by Gasteiger charge is -2.42. The van der Waals surface area contributed by atoms with Gasteiger partial charge in [-0.1, -0.05) is 54.1 Å². The molecule has 2 amide bonds. The number of carbonyl (C=O) groups is 2. The van der Waals surface area contributed by atoms with Crippen LogP contribution in [-0.2, 0) is 16.1 Å². The molecule has 1 aliphatic heterocycles. The maximum absolute atomic E-state index is 12.7. The van der Waals surface area contributed by atoms with Crippen molar-refractivity contribution in [2.45, 2.75) is 32.5 Å². The zero-order chi connectivity index (χ0) is 23.9. The Morgan fingerprint density at radius 3 is 2.26 bits per heavy atom. The zero-order valence-corrected chi connectivity index (χ0v) is 20.6.